The maximum absolute atomic E-state index is 12.8. The summed E-state index contributed by atoms with van der Waals surface area (Å²) in [6.07, 6.45) is -7.34. The number of nitrogens with one attached hydrogen (secondary N) is 1. The first kappa shape index (κ1) is 16.7. The third-order valence-corrected chi connectivity index (χ3v) is 2.55. The molecule has 1 heterocycles. The number of rotatable bonds is 5. The van der Waals surface area contributed by atoms with Crippen LogP contribution in [0.4, 0.5) is 26.3 Å². The van der Waals surface area contributed by atoms with E-state index >= 15 is 0 Å². The van der Waals surface area contributed by atoms with Crippen molar-refractivity contribution in [2.75, 3.05) is 6.54 Å². The molecular formula is C11H13F6N3. The normalized spacial score (nSPS) is 14.6. The molecular weight excluding hydrogens is 288 g/mol. The Morgan fingerprint density at radius 3 is 2.10 bits per heavy atom. The fourth-order valence-corrected chi connectivity index (χ4v) is 1.73. The number of hydrogen-bond donors (Lipinski definition) is 1. The van der Waals surface area contributed by atoms with Crippen molar-refractivity contribution in [2.24, 2.45) is 5.92 Å². The van der Waals surface area contributed by atoms with Gasteiger partial charge in [-0.1, -0.05) is 6.92 Å². The molecule has 0 radical (unpaired) electrons. The van der Waals surface area contributed by atoms with E-state index in [1.807, 2.05) is 0 Å². The van der Waals surface area contributed by atoms with Crippen LogP contribution < -0.4 is 5.32 Å². The van der Waals surface area contributed by atoms with E-state index in [9.17, 15) is 26.3 Å². The standard InChI is InChI=1S/C11H13F6N3/c1-2-3-20-8(7-6-18-4-5-19-7)9(10(12,13)14)11(15,16)17/h4-6,8-9,20H,2-3H2,1H3. The quantitative estimate of drug-likeness (QED) is 0.848. The second-order valence-electron chi connectivity index (χ2n) is 4.12. The molecule has 1 atom stereocenters. The molecule has 0 amide bonds. The van der Waals surface area contributed by atoms with Crippen LogP contribution >= 0.6 is 0 Å². The van der Waals surface area contributed by atoms with Gasteiger partial charge >= 0.3 is 12.4 Å². The highest BCUT2D eigenvalue weighted by atomic mass is 19.4. The van der Waals surface area contributed by atoms with Gasteiger partial charge in [0.25, 0.3) is 0 Å². The Labute approximate surface area is 111 Å². The minimum atomic E-state index is -5.43. The molecule has 114 valence electrons. The van der Waals surface area contributed by atoms with Crippen molar-refractivity contribution in [1.29, 1.82) is 0 Å². The first-order valence-corrected chi connectivity index (χ1v) is 5.80. The van der Waals surface area contributed by atoms with Gasteiger partial charge in [-0.3, -0.25) is 9.97 Å². The number of aromatic nitrogens is 2. The molecule has 1 rings (SSSR count). The summed E-state index contributed by atoms with van der Waals surface area (Å²) in [6.45, 7) is 1.64. The summed E-state index contributed by atoms with van der Waals surface area (Å²) in [5.74, 6) is -3.53. The van der Waals surface area contributed by atoms with Gasteiger partial charge in [-0.15, -0.1) is 0 Å². The molecule has 0 saturated carbocycles. The fraction of sp³-hybridized carbons (Fsp3) is 0.636. The summed E-state index contributed by atoms with van der Waals surface area (Å²) < 4.78 is 76.6. The maximum atomic E-state index is 12.8. The molecule has 0 bridgehead atoms. The Hall–Kier alpha value is -1.38. The van der Waals surface area contributed by atoms with Gasteiger partial charge < -0.3 is 5.32 Å². The van der Waals surface area contributed by atoms with E-state index < -0.39 is 24.3 Å². The Kier molecular flexibility index (Phi) is 5.32. The molecule has 0 aliphatic heterocycles. The summed E-state index contributed by atoms with van der Waals surface area (Å²) in [6, 6.07) is -2.01. The molecule has 0 aliphatic carbocycles. The van der Waals surface area contributed by atoms with E-state index in [0.717, 1.165) is 12.4 Å². The monoisotopic (exact) mass is 301 g/mol. The molecule has 0 spiro atoms. The Morgan fingerprint density at radius 2 is 1.70 bits per heavy atom. The Balaban J connectivity index is 3.19. The van der Waals surface area contributed by atoms with E-state index in [1.165, 1.54) is 6.20 Å². The van der Waals surface area contributed by atoms with Crippen LogP contribution in [0.3, 0.4) is 0 Å². The van der Waals surface area contributed by atoms with E-state index in [2.05, 4.69) is 15.3 Å². The van der Waals surface area contributed by atoms with Crippen LogP contribution in [0.1, 0.15) is 25.1 Å². The zero-order valence-corrected chi connectivity index (χ0v) is 10.5. The molecule has 1 aromatic rings. The van der Waals surface area contributed by atoms with Gasteiger partial charge in [0.2, 0.25) is 0 Å². The van der Waals surface area contributed by atoms with Gasteiger partial charge in [0.05, 0.1) is 11.7 Å². The topological polar surface area (TPSA) is 37.8 Å². The van der Waals surface area contributed by atoms with Crippen LogP contribution in [-0.2, 0) is 0 Å². The van der Waals surface area contributed by atoms with Crippen LogP contribution in [0.2, 0.25) is 0 Å². The summed E-state index contributed by atoms with van der Waals surface area (Å²) in [4.78, 5) is 7.08. The summed E-state index contributed by atoms with van der Waals surface area (Å²) in [5, 5.41) is 2.26. The molecule has 20 heavy (non-hydrogen) atoms. The highest BCUT2D eigenvalue weighted by Crippen LogP contribution is 2.45. The van der Waals surface area contributed by atoms with Gasteiger partial charge in [-0.2, -0.15) is 26.3 Å². The van der Waals surface area contributed by atoms with E-state index in [-0.39, 0.29) is 12.2 Å². The van der Waals surface area contributed by atoms with Crippen molar-refractivity contribution in [1.82, 2.24) is 15.3 Å². The number of nitrogens with zero attached hydrogens (tertiary/aromatic N) is 2. The number of hydrogen-bond acceptors (Lipinski definition) is 3. The van der Waals surface area contributed by atoms with E-state index in [1.54, 1.807) is 6.92 Å². The van der Waals surface area contributed by atoms with Crippen LogP contribution in [0.15, 0.2) is 18.6 Å². The average Bonchev–Trinajstić information content (AvgIpc) is 2.32. The molecule has 0 aliphatic rings. The van der Waals surface area contributed by atoms with Crippen LogP contribution in [0, 0.1) is 5.92 Å². The van der Waals surface area contributed by atoms with Gasteiger partial charge in [-0.05, 0) is 13.0 Å². The van der Waals surface area contributed by atoms with Crippen molar-refractivity contribution < 1.29 is 26.3 Å². The van der Waals surface area contributed by atoms with E-state index in [0.29, 0.717) is 6.42 Å². The Morgan fingerprint density at radius 1 is 1.10 bits per heavy atom. The molecule has 3 nitrogen and oxygen atoms in total. The second kappa shape index (κ2) is 6.38. The maximum Gasteiger partial charge on any atom is 0.402 e. The first-order chi connectivity index (χ1) is 9.18. The lowest BCUT2D eigenvalue weighted by Gasteiger charge is -2.30. The summed E-state index contributed by atoms with van der Waals surface area (Å²) in [5.41, 5.74) is -0.388. The fourth-order valence-electron chi connectivity index (χ4n) is 1.73. The SMILES string of the molecule is CCCNC(c1cnccn1)C(C(F)(F)F)C(F)(F)F. The number of halogens is 6. The van der Waals surface area contributed by atoms with Crippen LogP contribution in [0.25, 0.3) is 0 Å². The van der Waals surface area contributed by atoms with E-state index in [4.69, 9.17) is 0 Å². The van der Waals surface area contributed by atoms with Crippen molar-refractivity contribution in [3.8, 4) is 0 Å². The molecule has 0 aromatic carbocycles. The van der Waals surface area contributed by atoms with Crippen molar-refractivity contribution in [3.63, 3.8) is 0 Å². The molecule has 9 heteroatoms. The third kappa shape index (κ3) is 4.32. The molecule has 0 fully saturated rings. The lowest BCUT2D eigenvalue weighted by molar-refractivity contribution is -0.293. The second-order valence-corrected chi connectivity index (χ2v) is 4.12. The first-order valence-electron chi connectivity index (χ1n) is 5.80. The smallest absolute Gasteiger partial charge is 0.308 e. The lowest BCUT2D eigenvalue weighted by atomic mass is 9.95. The van der Waals surface area contributed by atoms with Crippen LogP contribution in [0.5, 0.6) is 0 Å². The van der Waals surface area contributed by atoms with Crippen LogP contribution in [-0.4, -0.2) is 28.9 Å². The highest BCUT2D eigenvalue weighted by molar-refractivity contribution is 5.07. The van der Waals surface area contributed by atoms with Gasteiger partial charge in [0.1, 0.15) is 0 Å². The predicted octanol–water partition coefficient (Wildman–Crippen LogP) is 3.26. The largest absolute Gasteiger partial charge is 0.402 e. The van der Waals surface area contributed by atoms with Crippen molar-refractivity contribution in [3.05, 3.63) is 24.3 Å². The predicted molar refractivity (Wildman–Crippen MR) is 58.7 cm³/mol. The lowest BCUT2D eigenvalue weighted by Crippen LogP contribution is -2.46. The average molecular weight is 301 g/mol. The van der Waals surface area contributed by atoms with Crippen molar-refractivity contribution in [2.45, 2.75) is 31.7 Å². The number of alkyl halides is 6. The molecule has 0 saturated heterocycles. The van der Waals surface area contributed by atoms with Gasteiger partial charge in [0.15, 0.2) is 5.92 Å². The zero-order chi connectivity index (χ0) is 15.4. The zero-order valence-electron chi connectivity index (χ0n) is 10.5. The highest BCUT2D eigenvalue weighted by Gasteiger charge is 2.60. The minimum absolute atomic E-state index is 0.00387. The Bertz CT molecular complexity index is 389. The van der Waals surface area contributed by atoms with Gasteiger partial charge in [0, 0.05) is 18.6 Å². The summed E-state index contributed by atoms with van der Waals surface area (Å²) >= 11 is 0. The minimum Gasteiger partial charge on any atom is -0.308 e. The molecule has 1 unspecified atom stereocenters. The van der Waals surface area contributed by atoms with Gasteiger partial charge in [-0.25, -0.2) is 0 Å². The molecule has 1 N–H and O–H groups in total. The van der Waals surface area contributed by atoms with Crippen molar-refractivity contribution >= 4 is 0 Å². The summed E-state index contributed by atoms with van der Waals surface area (Å²) in [7, 11) is 0. The molecule has 1 aromatic heterocycles. The third-order valence-electron chi connectivity index (χ3n) is 2.55.